The second-order valence-electron chi connectivity index (χ2n) is 1.48. The van der Waals surface area contributed by atoms with Crippen LogP contribution >= 0.6 is 47.8 Å². The van der Waals surface area contributed by atoms with Crippen molar-refractivity contribution in [1.29, 1.82) is 0 Å². The molecule has 0 heterocycles. The Balaban J connectivity index is 4.18. The summed E-state index contributed by atoms with van der Waals surface area (Å²) in [7, 11) is -2.30. The van der Waals surface area contributed by atoms with E-state index in [0.29, 0.717) is 0 Å². The molecule has 0 saturated heterocycles. The van der Waals surface area contributed by atoms with Crippen molar-refractivity contribution in [2.75, 3.05) is 12.9 Å². The van der Waals surface area contributed by atoms with Crippen LogP contribution in [0.5, 0.6) is 0 Å². The maximum atomic E-state index is 10.7. The van der Waals surface area contributed by atoms with Crippen LogP contribution in [0.3, 0.4) is 0 Å². The Morgan fingerprint density at radius 1 is 1.40 bits per heavy atom. The van der Waals surface area contributed by atoms with E-state index in [2.05, 4.69) is 52.0 Å². The number of rotatable bonds is 2. The minimum absolute atomic E-state index is 0.184. The van der Waals surface area contributed by atoms with Gasteiger partial charge in [0.15, 0.2) is 2.14 Å². The van der Waals surface area contributed by atoms with Crippen LogP contribution < -0.4 is 0 Å². The lowest BCUT2D eigenvalue weighted by atomic mass is 11.0. The van der Waals surface area contributed by atoms with Crippen molar-refractivity contribution in [3.8, 4) is 0 Å². The van der Waals surface area contributed by atoms with E-state index in [1.807, 2.05) is 0 Å². The first kappa shape index (κ1) is 11.4. The van der Waals surface area contributed by atoms with Crippen LogP contribution in [0, 0.1) is 0 Å². The van der Waals surface area contributed by atoms with Gasteiger partial charge in [0.05, 0.1) is 7.11 Å². The summed E-state index contributed by atoms with van der Waals surface area (Å²) in [5.41, 5.74) is 0. The van der Waals surface area contributed by atoms with Gasteiger partial charge in [0, 0.05) is 0 Å². The first-order valence-electron chi connectivity index (χ1n) is 2.12. The Morgan fingerprint density at radius 2 is 1.80 bits per heavy atom. The molecule has 3 nitrogen and oxygen atoms in total. The predicted molar refractivity (Wildman–Crippen MR) is 50.3 cm³/mol. The summed E-state index contributed by atoms with van der Waals surface area (Å²) in [5.74, 6) is -0.184. The molecule has 62 valence electrons. The Kier molecular flexibility index (Phi) is 4.36. The largest absolute Gasteiger partial charge is 0.273 e. The Bertz CT molecular complexity index is 192. The molecule has 0 aromatic heterocycles. The lowest BCUT2D eigenvalue weighted by Gasteiger charge is -2.09. The van der Waals surface area contributed by atoms with Crippen molar-refractivity contribution in [2.24, 2.45) is 0 Å². The molecule has 0 N–H and O–H groups in total. The zero-order valence-corrected chi connectivity index (χ0v) is 10.5. The highest BCUT2D eigenvalue weighted by atomic mass is 80.0. The highest BCUT2D eigenvalue weighted by Crippen LogP contribution is 2.34. The zero-order valence-electron chi connectivity index (χ0n) is 4.97. The van der Waals surface area contributed by atoms with Crippen molar-refractivity contribution >= 4 is 57.9 Å². The van der Waals surface area contributed by atoms with Gasteiger partial charge in [0.25, 0.3) is 10.1 Å². The van der Waals surface area contributed by atoms with Gasteiger partial charge >= 0.3 is 0 Å². The van der Waals surface area contributed by atoms with Gasteiger partial charge in [-0.15, -0.1) is 0 Å². The van der Waals surface area contributed by atoms with Gasteiger partial charge in [-0.25, -0.2) is 0 Å². The Morgan fingerprint density at radius 3 is 1.90 bits per heavy atom. The van der Waals surface area contributed by atoms with E-state index >= 15 is 0 Å². The minimum Gasteiger partial charge on any atom is -0.273 e. The van der Waals surface area contributed by atoms with Crippen LogP contribution in [-0.4, -0.2) is 23.4 Å². The third-order valence-electron chi connectivity index (χ3n) is 0.594. The number of hydrogen-bond acceptors (Lipinski definition) is 3. The first-order valence-corrected chi connectivity index (χ1v) is 6.07. The Labute approximate surface area is 85.0 Å². The third-order valence-corrected chi connectivity index (χ3v) is 3.84. The fourth-order valence-corrected chi connectivity index (χ4v) is 3.30. The van der Waals surface area contributed by atoms with Gasteiger partial charge in [-0.1, -0.05) is 47.8 Å². The van der Waals surface area contributed by atoms with Crippen molar-refractivity contribution in [3.05, 3.63) is 0 Å². The molecular formula is C3H5Br3O3S. The van der Waals surface area contributed by atoms with Gasteiger partial charge in [-0.3, -0.25) is 4.18 Å². The van der Waals surface area contributed by atoms with Crippen molar-refractivity contribution in [1.82, 2.24) is 0 Å². The molecule has 0 aliphatic carbocycles. The highest BCUT2D eigenvalue weighted by molar-refractivity contribution is 9.39. The lowest BCUT2D eigenvalue weighted by molar-refractivity contribution is 0.398. The quantitative estimate of drug-likeness (QED) is 0.557. The highest BCUT2D eigenvalue weighted by Gasteiger charge is 2.26. The van der Waals surface area contributed by atoms with Gasteiger partial charge in [-0.05, 0) is 0 Å². The van der Waals surface area contributed by atoms with Gasteiger partial charge in [0.2, 0.25) is 0 Å². The summed E-state index contributed by atoms with van der Waals surface area (Å²) >= 11 is 9.09. The van der Waals surface area contributed by atoms with Crippen molar-refractivity contribution in [2.45, 2.75) is 2.14 Å². The van der Waals surface area contributed by atoms with Crippen LogP contribution in [0.2, 0.25) is 0 Å². The van der Waals surface area contributed by atoms with Crippen LogP contribution in [0.25, 0.3) is 0 Å². The summed E-state index contributed by atoms with van der Waals surface area (Å²) in [6.07, 6.45) is 0. The average molecular weight is 361 g/mol. The number of alkyl halides is 3. The molecular weight excluding hydrogens is 356 g/mol. The van der Waals surface area contributed by atoms with Gasteiger partial charge in [0.1, 0.15) is 5.75 Å². The van der Waals surface area contributed by atoms with E-state index < -0.39 is 12.3 Å². The topological polar surface area (TPSA) is 43.4 Å². The smallest absolute Gasteiger partial charge is 0.270 e. The van der Waals surface area contributed by atoms with Crippen molar-refractivity contribution < 1.29 is 12.6 Å². The summed E-state index contributed by atoms with van der Waals surface area (Å²) < 4.78 is 24.8. The molecule has 10 heavy (non-hydrogen) atoms. The monoisotopic (exact) mass is 358 g/mol. The minimum atomic E-state index is -3.42. The Hall–Kier alpha value is 1.35. The molecule has 0 fully saturated rings. The maximum absolute atomic E-state index is 10.7. The standard InChI is InChI=1S/C3H5Br3O3S/c1-9-10(7,8)2-3(4,5)6/h2H2,1H3. The molecule has 0 radical (unpaired) electrons. The molecule has 0 aliphatic heterocycles. The molecule has 0 aromatic rings. The molecule has 0 spiro atoms. The molecule has 0 aromatic carbocycles. The van der Waals surface area contributed by atoms with E-state index in [9.17, 15) is 8.42 Å². The average Bonchev–Trinajstić information content (AvgIpc) is 1.60. The fraction of sp³-hybridized carbons (Fsp3) is 1.00. The van der Waals surface area contributed by atoms with Crippen LogP contribution in [-0.2, 0) is 14.3 Å². The van der Waals surface area contributed by atoms with E-state index in [1.165, 1.54) is 0 Å². The van der Waals surface area contributed by atoms with Crippen LogP contribution in [0.4, 0.5) is 0 Å². The molecule has 0 amide bonds. The summed E-state index contributed by atoms with van der Waals surface area (Å²) in [6.45, 7) is 0. The fourth-order valence-electron chi connectivity index (χ4n) is 0.259. The van der Waals surface area contributed by atoms with E-state index in [0.717, 1.165) is 7.11 Å². The maximum Gasteiger partial charge on any atom is 0.270 e. The predicted octanol–water partition coefficient (Wildman–Crippen LogP) is 1.80. The molecule has 0 unspecified atom stereocenters. The SMILES string of the molecule is COS(=O)(=O)CC(Br)(Br)Br. The summed E-state index contributed by atoms with van der Waals surface area (Å²) in [4.78, 5) is 0. The van der Waals surface area contributed by atoms with Crippen molar-refractivity contribution in [3.63, 3.8) is 0 Å². The van der Waals surface area contributed by atoms with E-state index in [1.54, 1.807) is 0 Å². The molecule has 0 rings (SSSR count). The molecule has 0 atom stereocenters. The molecule has 0 aliphatic rings. The summed E-state index contributed by atoms with van der Waals surface area (Å²) in [6, 6.07) is 0. The molecule has 0 saturated carbocycles. The van der Waals surface area contributed by atoms with Gasteiger partial charge < -0.3 is 0 Å². The second-order valence-corrected chi connectivity index (χ2v) is 10.5. The number of hydrogen-bond donors (Lipinski definition) is 0. The van der Waals surface area contributed by atoms with E-state index in [-0.39, 0.29) is 5.75 Å². The summed E-state index contributed by atoms with van der Waals surface area (Å²) in [5, 5.41) is 0. The van der Waals surface area contributed by atoms with Crippen LogP contribution in [0.15, 0.2) is 0 Å². The first-order chi connectivity index (χ1) is 4.27. The lowest BCUT2D eigenvalue weighted by Crippen LogP contribution is -2.19. The van der Waals surface area contributed by atoms with E-state index in [4.69, 9.17) is 0 Å². The number of halogens is 3. The zero-order chi connectivity index (χ0) is 8.41. The molecule has 7 heteroatoms. The second kappa shape index (κ2) is 3.84. The van der Waals surface area contributed by atoms with Gasteiger partial charge in [-0.2, -0.15) is 8.42 Å². The normalized spacial score (nSPS) is 13.6. The third kappa shape index (κ3) is 6.09. The van der Waals surface area contributed by atoms with Crippen LogP contribution in [0.1, 0.15) is 0 Å². The molecule has 0 bridgehead atoms.